The first-order valence-corrected chi connectivity index (χ1v) is 9.08. The van der Waals surface area contributed by atoms with Gasteiger partial charge in [0.05, 0.1) is 11.4 Å². The highest BCUT2D eigenvalue weighted by atomic mass is 32.2. The zero-order valence-corrected chi connectivity index (χ0v) is 13.3. The van der Waals surface area contributed by atoms with Crippen molar-refractivity contribution in [2.45, 2.75) is 30.7 Å². The van der Waals surface area contributed by atoms with Gasteiger partial charge in [-0.05, 0) is 37.5 Å². The Morgan fingerprint density at radius 2 is 1.81 bits per heavy atom. The van der Waals surface area contributed by atoms with Crippen LogP contribution in [-0.4, -0.2) is 45.1 Å². The molecule has 6 heteroatoms. The maximum atomic E-state index is 12.0. The Morgan fingerprint density at radius 1 is 1.24 bits per heavy atom. The predicted molar refractivity (Wildman–Crippen MR) is 81.8 cm³/mol. The third-order valence-corrected chi connectivity index (χ3v) is 4.95. The van der Waals surface area contributed by atoms with Crippen LogP contribution >= 0.6 is 0 Å². The van der Waals surface area contributed by atoms with E-state index in [2.05, 4.69) is 5.32 Å². The van der Waals surface area contributed by atoms with Crippen molar-refractivity contribution < 1.29 is 13.2 Å². The van der Waals surface area contributed by atoms with Gasteiger partial charge in [-0.1, -0.05) is 12.1 Å². The molecule has 0 bridgehead atoms. The molecule has 1 aliphatic rings. The van der Waals surface area contributed by atoms with Crippen LogP contribution in [0.4, 0.5) is 0 Å². The molecule has 1 aliphatic heterocycles. The van der Waals surface area contributed by atoms with E-state index in [9.17, 15) is 13.2 Å². The number of likely N-dealkylation sites (tertiary alicyclic amines) is 1. The Bertz CT molecular complexity index is 590. The molecule has 1 N–H and O–H groups in total. The number of amides is 1. The summed E-state index contributed by atoms with van der Waals surface area (Å²) in [7, 11) is -3.16. The number of nitrogens with zero attached hydrogens (tertiary/aromatic N) is 1. The van der Waals surface area contributed by atoms with Crippen LogP contribution in [0.2, 0.25) is 0 Å². The highest BCUT2D eigenvalue weighted by Crippen LogP contribution is 2.16. The zero-order chi connectivity index (χ0) is 15.5. The minimum absolute atomic E-state index is 0.00478. The van der Waals surface area contributed by atoms with Crippen LogP contribution in [-0.2, 0) is 14.6 Å². The van der Waals surface area contributed by atoms with E-state index in [1.165, 1.54) is 6.26 Å². The van der Waals surface area contributed by atoms with Gasteiger partial charge in [0.15, 0.2) is 9.84 Å². The summed E-state index contributed by atoms with van der Waals surface area (Å²) in [5.74, 6) is 0.132. The fourth-order valence-corrected chi connectivity index (χ4v) is 3.07. The normalized spacial score (nSPS) is 17.0. The van der Waals surface area contributed by atoms with Crippen molar-refractivity contribution in [2.75, 3.05) is 25.9 Å². The molecule has 21 heavy (non-hydrogen) atoms. The molecule has 1 amide bonds. The molecule has 1 unspecified atom stereocenters. The molecule has 116 valence electrons. The Kier molecular flexibility index (Phi) is 5.00. The van der Waals surface area contributed by atoms with Crippen molar-refractivity contribution >= 4 is 15.7 Å². The highest BCUT2D eigenvalue weighted by Gasteiger charge is 2.18. The number of nitrogens with one attached hydrogen (secondary N) is 1. The van der Waals surface area contributed by atoms with Crippen LogP contribution < -0.4 is 5.32 Å². The third-order valence-electron chi connectivity index (χ3n) is 3.83. The molecule has 1 atom stereocenters. The number of sulfone groups is 1. The quantitative estimate of drug-likeness (QED) is 0.892. The summed E-state index contributed by atoms with van der Waals surface area (Å²) >= 11 is 0. The summed E-state index contributed by atoms with van der Waals surface area (Å²) in [5, 5.41) is 3.19. The molecule has 1 aromatic rings. The summed E-state index contributed by atoms with van der Waals surface area (Å²) in [4.78, 5) is 14.1. The summed E-state index contributed by atoms with van der Waals surface area (Å²) in [6.07, 6.45) is 3.38. The average Bonchev–Trinajstić information content (AvgIpc) is 2.98. The molecule has 0 aromatic heterocycles. The largest absolute Gasteiger partial charge is 0.342 e. The molecule has 1 saturated heterocycles. The van der Waals surface area contributed by atoms with Gasteiger partial charge in [-0.25, -0.2) is 8.42 Å². The van der Waals surface area contributed by atoms with E-state index in [0.29, 0.717) is 11.4 Å². The lowest BCUT2D eigenvalue weighted by molar-refractivity contribution is -0.129. The van der Waals surface area contributed by atoms with Gasteiger partial charge in [0.1, 0.15) is 0 Å². The minimum Gasteiger partial charge on any atom is -0.342 e. The van der Waals surface area contributed by atoms with Crippen molar-refractivity contribution in [3.63, 3.8) is 0 Å². The van der Waals surface area contributed by atoms with Gasteiger partial charge >= 0.3 is 0 Å². The van der Waals surface area contributed by atoms with Gasteiger partial charge in [0.25, 0.3) is 0 Å². The molecule has 0 spiro atoms. The fourth-order valence-electron chi connectivity index (χ4n) is 2.44. The molecule has 0 aliphatic carbocycles. The lowest BCUT2D eigenvalue weighted by atomic mass is 10.1. The van der Waals surface area contributed by atoms with Gasteiger partial charge in [0, 0.05) is 25.4 Å². The minimum atomic E-state index is -3.16. The van der Waals surface area contributed by atoms with Crippen molar-refractivity contribution in [1.82, 2.24) is 10.2 Å². The lowest BCUT2D eigenvalue weighted by Gasteiger charge is -2.19. The molecule has 1 aromatic carbocycles. The smallest absolute Gasteiger partial charge is 0.236 e. The van der Waals surface area contributed by atoms with Gasteiger partial charge < -0.3 is 10.2 Å². The molecule has 2 rings (SSSR count). The SMILES string of the molecule is CC(NCC(=O)N1CCCC1)c1ccc(S(C)(=O)=O)cc1. The van der Waals surface area contributed by atoms with E-state index in [1.54, 1.807) is 24.3 Å². The van der Waals surface area contributed by atoms with E-state index in [1.807, 2.05) is 11.8 Å². The van der Waals surface area contributed by atoms with Crippen LogP contribution in [0.3, 0.4) is 0 Å². The Morgan fingerprint density at radius 3 is 2.33 bits per heavy atom. The molecule has 5 nitrogen and oxygen atoms in total. The number of hydrogen-bond acceptors (Lipinski definition) is 4. The number of benzene rings is 1. The second-order valence-electron chi connectivity index (χ2n) is 5.53. The van der Waals surface area contributed by atoms with Crippen LogP contribution in [0.1, 0.15) is 31.4 Å². The molecular weight excluding hydrogens is 288 g/mol. The maximum Gasteiger partial charge on any atom is 0.236 e. The third kappa shape index (κ3) is 4.28. The Hall–Kier alpha value is -1.40. The van der Waals surface area contributed by atoms with Crippen LogP contribution in [0, 0.1) is 0 Å². The van der Waals surface area contributed by atoms with E-state index >= 15 is 0 Å². The highest BCUT2D eigenvalue weighted by molar-refractivity contribution is 7.90. The van der Waals surface area contributed by atoms with Crippen LogP contribution in [0.25, 0.3) is 0 Å². The Labute approximate surface area is 126 Å². The second-order valence-corrected chi connectivity index (χ2v) is 7.55. The topological polar surface area (TPSA) is 66.5 Å². The van der Waals surface area contributed by atoms with Crippen LogP contribution in [0.15, 0.2) is 29.2 Å². The maximum absolute atomic E-state index is 12.0. The van der Waals surface area contributed by atoms with Gasteiger partial charge in [-0.3, -0.25) is 4.79 Å². The van der Waals surface area contributed by atoms with Gasteiger partial charge in [-0.2, -0.15) is 0 Å². The second kappa shape index (κ2) is 6.58. The van der Waals surface area contributed by atoms with E-state index in [4.69, 9.17) is 0 Å². The first kappa shape index (κ1) is 16.0. The van der Waals surface area contributed by atoms with Crippen molar-refractivity contribution in [1.29, 1.82) is 0 Å². The first-order valence-electron chi connectivity index (χ1n) is 7.19. The number of carbonyl (C=O) groups excluding carboxylic acids is 1. The van der Waals surface area contributed by atoms with Crippen molar-refractivity contribution in [3.8, 4) is 0 Å². The zero-order valence-electron chi connectivity index (χ0n) is 12.5. The van der Waals surface area contributed by atoms with E-state index < -0.39 is 9.84 Å². The number of rotatable bonds is 5. The fraction of sp³-hybridized carbons (Fsp3) is 0.533. The van der Waals surface area contributed by atoms with E-state index in [0.717, 1.165) is 31.5 Å². The standard InChI is InChI=1S/C15H22N2O3S/c1-12(16-11-15(18)17-9-3-4-10-17)13-5-7-14(8-6-13)21(2,19)20/h5-8,12,16H,3-4,9-11H2,1-2H3. The number of carbonyl (C=O) groups is 1. The molecular formula is C15H22N2O3S. The van der Waals surface area contributed by atoms with E-state index in [-0.39, 0.29) is 11.9 Å². The molecule has 0 radical (unpaired) electrons. The van der Waals surface area contributed by atoms with Crippen LogP contribution in [0.5, 0.6) is 0 Å². The summed E-state index contributed by atoms with van der Waals surface area (Å²) in [6.45, 7) is 4.00. The Balaban J connectivity index is 1.91. The molecule has 1 heterocycles. The molecule has 1 fully saturated rings. The first-order chi connectivity index (χ1) is 9.88. The van der Waals surface area contributed by atoms with Crippen molar-refractivity contribution in [3.05, 3.63) is 29.8 Å². The van der Waals surface area contributed by atoms with Gasteiger partial charge in [-0.15, -0.1) is 0 Å². The van der Waals surface area contributed by atoms with Crippen molar-refractivity contribution in [2.24, 2.45) is 0 Å². The monoisotopic (exact) mass is 310 g/mol. The molecule has 0 saturated carbocycles. The number of hydrogen-bond donors (Lipinski definition) is 1. The van der Waals surface area contributed by atoms with Gasteiger partial charge in [0.2, 0.25) is 5.91 Å². The summed E-state index contributed by atoms with van der Waals surface area (Å²) < 4.78 is 22.8. The predicted octanol–water partition coefficient (Wildman–Crippen LogP) is 1.36. The lowest BCUT2D eigenvalue weighted by Crippen LogP contribution is -2.37. The summed E-state index contributed by atoms with van der Waals surface area (Å²) in [5.41, 5.74) is 0.969. The summed E-state index contributed by atoms with van der Waals surface area (Å²) in [6, 6.07) is 6.78. The average molecular weight is 310 g/mol.